The van der Waals surface area contributed by atoms with Crippen molar-refractivity contribution in [1.29, 1.82) is 0 Å². The predicted octanol–water partition coefficient (Wildman–Crippen LogP) is -1.92. The Kier molecular flexibility index (Phi) is 4.91. The van der Waals surface area contributed by atoms with Crippen molar-refractivity contribution in [2.24, 2.45) is 5.73 Å². The van der Waals surface area contributed by atoms with Gasteiger partial charge in [-0.25, -0.2) is 4.79 Å². The average molecular weight is 283 g/mol. The lowest BCUT2D eigenvalue weighted by atomic mass is 10.3. The maximum Gasteiger partial charge on any atom is 0.318 e. The summed E-state index contributed by atoms with van der Waals surface area (Å²) in [5.74, 6) is -0.315. The van der Waals surface area contributed by atoms with Crippen molar-refractivity contribution in [3.8, 4) is 0 Å². The Bertz CT molecular complexity index is 389. The van der Waals surface area contributed by atoms with Crippen LogP contribution in [0.25, 0.3) is 0 Å². The van der Waals surface area contributed by atoms with Gasteiger partial charge >= 0.3 is 6.03 Å². The van der Waals surface area contributed by atoms with Crippen LogP contribution in [0, 0.1) is 0 Å². The van der Waals surface area contributed by atoms with Gasteiger partial charge in [0.1, 0.15) is 0 Å². The SMILES string of the molecule is NC(=O)NC(=O)CN1CCN(CC(=O)NC2CC2)CC1. The number of nitrogens with zero attached hydrogens (tertiary/aromatic N) is 2. The minimum Gasteiger partial charge on any atom is -0.352 e. The number of rotatable bonds is 5. The maximum atomic E-state index is 11.7. The number of hydrogen-bond donors (Lipinski definition) is 3. The molecule has 0 bridgehead atoms. The molecule has 1 saturated carbocycles. The second-order valence-corrected chi connectivity index (χ2v) is 5.31. The van der Waals surface area contributed by atoms with Gasteiger partial charge in [0, 0.05) is 32.2 Å². The summed E-state index contributed by atoms with van der Waals surface area (Å²) in [6, 6.07) is -0.438. The van der Waals surface area contributed by atoms with E-state index in [4.69, 9.17) is 5.73 Å². The molecule has 2 rings (SSSR count). The maximum absolute atomic E-state index is 11.7. The lowest BCUT2D eigenvalue weighted by Gasteiger charge is -2.33. The third-order valence-electron chi connectivity index (χ3n) is 3.40. The number of primary amides is 1. The van der Waals surface area contributed by atoms with Gasteiger partial charge in [-0.15, -0.1) is 0 Å². The van der Waals surface area contributed by atoms with E-state index in [1.165, 1.54) is 0 Å². The number of hydrogen-bond acceptors (Lipinski definition) is 5. The van der Waals surface area contributed by atoms with Gasteiger partial charge in [-0.1, -0.05) is 0 Å². The van der Waals surface area contributed by atoms with Crippen LogP contribution in [0.2, 0.25) is 0 Å². The molecule has 1 saturated heterocycles. The van der Waals surface area contributed by atoms with Gasteiger partial charge < -0.3 is 11.1 Å². The predicted molar refractivity (Wildman–Crippen MR) is 71.8 cm³/mol. The van der Waals surface area contributed by atoms with Gasteiger partial charge in [0.2, 0.25) is 11.8 Å². The van der Waals surface area contributed by atoms with Crippen LogP contribution in [0.3, 0.4) is 0 Å². The summed E-state index contributed by atoms with van der Waals surface area (Å²) in [5, 5.41) is 5.00. The van der Waals surface area contributed by atoms with E-state index in [-0.39, 0.29) is 12.5 Å². The molecule has 1 aliphatic carbocycles. The van der Waals surface area contributed by atoms with Crippen LogP contribution in [-0.4, -0.2) is 73.0 Å². The molecule has 0 atom stereocenters. The monoisotopic (exact) mass is 283 g/mol. The Balaban J connectivity index is 1.62. The molecule has 1 aliphatic heterocycles. The van der Waals surface area contributed by atoms with Crippen molar-refractivity contribution < 1.29 is 14.4 Å². The number of nitrogens with two attached hydrogens (primary N) is 1. The Morgan fingerprint density at radius 3 is 1.90 bits per heavy atom. The van der Waals surface area contributed by atoms with E-state index in [0.717, 1.165) is 25.9 Å². The number of carbonyl (C=O) groups is 3. The largest absolute Gasteiger partial charge is 0.352 e. The summed E-state index contributed by atoms with van der Waals surface area (Å²) in [4.78, 5) is 37.6. The van der Waals surface area contributed by atoms with E-state index in [0.29, 0.717) is 25.7 Å². The average Bonchev–Trinajstić information content (AvgIpc) is 3.14. The van der Waals surface area contributed by atoms with Gasteiger partial charge in [-0.2, -0.15) is 0 Å². The molecule has 0 radical (unpaired) electrons. The fourth-order valence-corrected chi connectivity index (χ4v) is 2.19. The first-order valence-electron chi connectivity index (χ1n) is 6.86. The highest BCUT2D eigenvalue weighted by molar-refractivity contribution is 5.94. The molecule has 0 unspecified atom stereocenters. The zero-order valence-corrected chi connectivity index (χ0v) is 11.4. The number of amides is 4. The molecule has 1 heterocycles. The summed E-state index contributed by atoms with van der Waals surface area (Å²) in [7, 11) is 0. The molecule has 0 aromatic carbocycles. The molecule has 20 heavy (non-hydrogen) atoms. The van der Waals surface area contributed by atoms with Crippen LogP contribution in [0.15, 0.2) is 0 Å². The van der Waals surface area contributed by atoms with E-state index in [9.17, 15) is 14.4 Å². The molecule has 4 amide bonds. The van der Waals surface area contributed by atoms with Crippen molar-refractivity contribution in [3.63, 3.8) is 0 Å². The Morgan fingerprint density at radius 2 is 1.45 bits per heavy atom. The topological polar surface area (TPSA) is 108 Å². The zero-order valence-electron chi connectivity index (χ0n) is 11.4. The van der Waals surface area contributed by atoms with Gasteiger partial charge in [-0.05, 0) is 12.8 Å². The smallest absolute Gasteiger partial charge is 0.318 e. The Hall–Kier alpha value is -1.67. The molecular formula is C12H21N5O3. The van der Waals surface area contributed by atoms with Crippen LogP contribution < -0.4 is 16.4 Å². The summed E-state index contributed by atoms with van der Waals surface area (Å²) >= 11 is 0. The summed E-state index contributed by atoms with van der Waals surface area (Å²) in [6.07, 6.45) is 2.18. The molecule has 0 aromatic heterocycles. The minimum absolute atomic E-state index is 0.0763. The van der Waals surface area contributed by atoms with Crippen molar-refractivity contribution in [1.82, 2.24) is 20.4 Å². The van der Waals surface area contributed by atoms with E-state index in [1.807, 2.05) is 10.2 Å². The molecule has 2 fully saturated rings. The van der Waals surface area contributed by atoms with Crippen molar-refractivity contribution in [2.75, 3.05) is 39.3 Å². The number of urea groups is 1. The summed E-state index contributed by atoms with van der Waals surface area (Å²) in [6.45, 7) is 3.44. The van der Waals surface area contributed by atoms with E-state index in [1.54, 1.807) is 0 Å². The van der Waals surface area contributed by atoms with Crippen molar-refractivity contribution in [3.05, 3.63) is 0 Å². The van der Waals surface area contributed by atoms with E-state index in [2.05, 4.69) is 10.2 Å². The van der Waals surface area contributed by atoms with Gasteiger partial charge in [-0.3, -0.25) is 24.7 Å². The molecule has 8 heteroatoms. The van der Waals surface area contributed by atoms with Crippen molar-refractivity contribution >= 4 is 17.8 Å². The summed E-state index contributed by atoms with van der Waals surface area (Å²) in [5.41, 5.74) is 4.88. The lowest BCUT2D eigenvalue weighted by Crippen LogP contribution is -2.52. The van der Waals surface area contributed by atoms with E-state index < -0.39 is 11.9 Å². The Labute approximate surface area is 117 Å². The quantitative estimate of drug-likeness (QED) is 0.545. The van der Waals surface area contributed by atoms with Crippen LogP contribution in [0.5, 0.6) is 0 Å². The first kappa shape index (κ1) is 14.7. The molecule has 112 valence electrons. The van der Waals surface area contributed by atoms with Gasteiger partial charge in [0.25, 0.3) is 0 Å². The van der Waals surface area contributed by atoms with Gasteiger partial charge in [0.05, 0.1) is 13.1 Å². The lowest BCUT2D eigenvalue weighted by molar-refractivity contribution is -0.124. The minimum atomic E-state index is -0.828. The normalized spacial score (nSPS) is 20.4. The fourth-order valence-electron chi connectivity index (χ4n) is 2.19. The van der Waals surface area contributed by atoms with Gasteiger partial charge in [0.15, 0.2) is 0 Å². The zero-order chi connectivity index (χ0) is 14.5. The molecule has 2 aliphatic rings. The highest BCUT2D eigenvalue weighted by Gasteiger charge is 2.25. The molecule has 0 aromatic rings. The first-order valence-corrected chi connectivity index (χ1v) is 6.86. The molecule has 0 spiro atoms. The number of nitrogens with one attached hydrogen (secondary N) is 2. The molecule has 4 N–H and O–H groups in total. The number of carbonyl (C=O) groups excluding carboxylic acids is 3. The fraction of sp³-hybridized carbons (Fsp3) is 0.750. The highest BCUT2D eigenvalue weighted by atomic mass is 16.2. The van der Waals surface area contributed by atoms with Crippen LogP contribution in [0.4, 0.5) is 4.79 Å². The van der Waals surface area contributed by atoms with E-state index >= 15 is 0 Å². The van der Waals surface area contributed by atoms with Crippen LogP contribution in [-0.2, 0) is 9.59 Å². The standard InChI is InChI=1S/C12H21N5O3/c13-12(20)15-11(19)8-17-5-3-16(4-6-17)7-10(18)14-9-1-2-9/h9H,1-8H2,(H,14,18)(H3,13,15,19,20). The number of imide groups is 1. The van der Waals surface area contributed by atoms with Crippen LogP contribution in [0.1, 0.15) is 12.8 Å². The second kappa shape index (κ2) is 6.67. The highest BCUT2D eigenvalue weighted by Crippen LogP contribution is 2.18. The van der Waals surface area contributed by atoms with Crippen LogP contribution >= 0.6 is 0 Å². The molecular weight excluding hydrogens is 262 g/mol. The first-order chi connectivity index (χ1) is 9.52. The Morgan fingerprint density at radius 1 is 0.950 bits per heavy atom. The number of piperazine rings is 1. The summed E-state index contributed by atoms with van der Waals surface area (Å²) < 4.78 is 0. The third kappa shape index (κ3) is 5.14. The third-order valence-corrected chi connectivity index (χ3v) is 3.40. The second-order valence-electron chi connectivity index (χ2n) is 5.31. The molecule has 8 nitrogen and oxygen atoms in total. The van der Waals surface area contributed by atoms with Crippen molar-refractivity contribution in [2.45, 2.75) is 18.9 Å².